The molecule has 2 atom stereocenters. The molecule has 94 valence electrons. The fourth-order valence-corrected chi connectivity index (χ4v) is 3.11. The van der Waals surface area contributed by atoms with Gasteiger partial charge in [-0.05, 0) is 58.2 Å². The standard InChI is InChI=1S/C13H26N2O/c1-11-12(4-9-16-11)15(2)8-7-13(10-14)5-3-6-13/h11-12H,3-10,14H2,1-2H3. The van der Waals surface area contributed by atoms with Gasteiger partial charge < -0.3 is 15.4 Å². The van der Waals surface area contributed by atoms with Crippen molar-refractivity contribution in [2.24, 2.45) is 11.1 Å². The average Bonchev–Trinajstić information content (AvgIpc) is 2.63. The van der Waals surface area contributed by atoms with E-state index in [1.165, 1.54) is 38.6 Å². The maximum absolute atomic E-state index is 5.89. The molecule has 0 spiro atoms. The van der Waals surface area contributed by atoms with Crippen molar-refractivity contribution in [1.29, 1.82) is 0 Å². The average molecular weight is 226 g/mol. The lowest BCUT2D eigenvalue weighted by atomic mass is 9.66. The first kappa shape index (κ1) is 12.3. The van der Waals surface area contributed by atoms with Gasteiger partial charge in [-0.25, -0.2) is 0 Å². The number of nitrogens with two attached hydrogens (primary N) is 1. The van der Waals surface area contributed by atoms with Gasteiger partial charge in [0.1, 0.15) is 0 Å². The summed E-state index contributed by atoms with van der Waals surface area (Å²) in [5, 5.41) is 0. The van der Waals surface area contributed by atoms with Gasteiger partial charge >= 0.3 is 0 Å². The topological polar surface area (TPSA) is 38.5 Å². The Morgan fingerprint density at radius 1 is 1.44 bits per heavy atom. The van der Waals surface area contributed by atoms with Gasteiger partial charge in [-0.3, -0.25) is 0 Å². The minimum absolute atomic E-state index is 0.403. The summed E-state index contributed by atoms with van der Waals surface area (Å²) in [5.41, 5.74) is 6.38. The number of likely N-dealkylation sites (N-methyl/N-ethyl adjacent to an activating group) is 1. The van der Waals surface area contributed by atoms with Crippen LogP contribution >= 0.6 is 0 Å². The zero-order chi connectivity index (χ0) is 11.6. The van der Waals surface area contributed by atoms with Crippen LogP contribution in [-0.2, 0) is 4.74 Å². The Balaban J connectivity index is 1.76. The number of nitrogens with zero attached hydrogens (tertiary/aromatic N) is 1. The summed E-state index contributed by atoms with van der Waals surface area (Å²) >= 11 is 0. The second-order valence-corrected chi connectivity index (χ2v) is 5.72. The van der Waals surface area contributed by atoms with Gasteiger partial charge in [0.05, 0.1) is 6.10 Å². The summed E-state index contributed by atoms with van der Waals surface area (Å²) in [4.78, 5) is 2.48. The minimum atomic E-state index is 0.403. The number of rotatable bonds is 5. The quantitative estimate of drug-likeness (QED) is 0.774. The predicted octanol–water partition coefficient (Wildman–Crippen LogP) is 1.61. The highest BCUT2D eigenvalue weighted by Gasteiger charge is 2.36. The van der Waals surface area contributed by atoms with Gasteiger partial charge in [-0.15, -0.1) is 0 Å². The molecular weight excluding hydrogens is 200 g/mol. The van der Waals surface area contributed by atoms with E-state index in [1.54, 1.807) is 0 Å². The molecule has 3 heteroatoms. The van der Waals surface area contributed by atoms with E-state index in [0.717, 1.165) is 13.2 Å². The number of hydrogen-bond acceptors (Lipinski definition) is 3. The van der Waals surface area contributed by atoms with Crippen LogP contribution in [-0.4, -0.2) is 43.8 Å². The predicted molar refractivity (Wildman–Crippen MR) is 66.4 cm³/mol. The normalized spacial score (nSPS) is 33.0. The van der Waals surface area contributed by atoms with Gasteiger partial charge in [0.2, 0.25) is 0 Å². The van der Waals surface area contributed by atoms with E-state index in [2.05, 4.69) is 18.9 Å². The van der Waals surface area contributed by atoms with Crippen LogP contribution < -0.4 is 5.73 Å². The van der Waals surface area contributed by atoms with Crippen LogP contribution in [0.25, 0.3) is 0 Å². The molecule has 0 amide bonds. The van der Waals surface area contributed by atoms with Crippen molar-refractivity contribution < 1.29 is 4.74 Å². The van der Waals surface area contributed by atoms with Crippen molar-refractivity contribution in [2.45, 2.75) is 51.2 Å². The molecular formula is C13H26N2O. The van der Waals surface area contributed by atoms with Crippen LogP contribution in [0.3, 0.4) is 0 Å². The zero-order valence-corrected chi connectivity index (χ0v) is 10.7. The third-order valence-electron chi connectivity index (χ3n) is 4.74. The molecule has 2 fully saturated rings. The Bertz CT molecular complexity index is 222. The second kappa shape index (κ2) is 5.03. The zero-order valence-electron chi connectivity index (χ0n) is 10.7. The summed E-state index contributed by atoms with van der Waals surface area (Å²) in [6.07, 6.45) is 6.92. The highest BCUT2D eigenvalue weighted by Crippen LogP contribution is 2.43. The van der Waals surface area contributed by atoms with Crippen LogP contribution in [0.4, 0.5) is 0 Å². The molecule has 1 heterocycles. The van der Waals surface area contributed by atoms with E-state index < -0.39 is 0 Å². The van der Waals surface area contributed by atoms with Gasteiger partial charge in [0.15, 0.2) is 0 Å². The lowest BCUT2D eigenvalue weighted by Crippen LogP contribution is -2.43. The first-order chi connectivity index (χ1) is 7.67. The Morgan fingerprint density at radius 2 is 2.19 bits per heavy atom. The first-order valence-electron chi connectivity index (χ1n) is 6.69. The Labute approximate surface area is 99.3 Å². The van der Waals surface area contributed by atoms with E-state index in [0.29, 0.717) is 17.6 Å². The van der Waals surface area contributed by atoms with Crippen molar-refractivity contribution >= 4 is 0 Å². The molecule has 0 radical (unpaired) electrons. The van der Waals surface area contributed by atoms with Gasteiger partial charge in [-0.1, -0.05) is 6.42 Å². The van der Waals surface area contributed by atoms with E-state index in [-0.39, 0.29) is 0 Å². The van der Waals surface area contributed by atoms with E-state index >= 15 is 0 Å². The molecule has 1 aliphatic heterocycles. The van der Waals surface area contributed by atoms with Gasteiger partial charge in [0, 0.05) is 12.6 Å². The smallest absolute Gasteiger partial charge is 0.0702 e. The molecule has 3 nitrogen and oxygen atoms in total. The van der Waals surface area contributed by atoms with Crippen LogP contribution in [0.15, 0.2) is 0 Å². The summed E-state index contributed by atoms with van der Waals surface area (Å²) in [7, 11) is 2.23. The van der Waals surface area contributed by atoms with Crippen molar-refractivity contribution in [3.05, 3.63) is 0 Å². The fraction of sp³-hybridized carbons (Fsp3) is 1.00. The molecule has 2 unspecified atom stereocenters. The number of ether oxygens (including phenoxy) is 1. The van der Waals surface area contributed by atoms with Crippen LogP contribution in [0.1, 0.15) is 39.0 Å². The molecule has 1 saturated carbocycles. The van der Waals surface area contributed by atoms with E-state index in [1.807, 2.05) is 0 Å². The lowest BCUT2D eigenvalue weighted by molar-refractivity contribution is 0.0650. The molecule has 2 N–H and O–H groups in total. The number of hydrogen-bond donors (Lipinski definition) is 1. The SMILES string of the molecule is CC1OCCC1N(C)CCC1(CN)CCC1. The third-order valence-corrected chi connectivity index (χ3v) is 4.74. The fourth-order valence-electron chi connectivity index (χ4n) is 3.11. The molecule has 2 aliphatic rings. The largest absolute Gasteiger partial charge is 0.377 e. The third kappa shape index (κ3) is 2.41. The van der Waals surface area contributed by atoms with E-state index in [4.69, 9.17) is 10.5 Å². The molecule has 0 bridgehead atoms. The molecule has 0 aromatic carbocycles. The molecule has 1 aliphatic carbocycles. The maximum Gasteiger partial charge on any atom is 0.0702 e. The molecule has 0 aromatic heterocycles. The Kier molecular flexibility index (Phi) is 3.88. The Morgan fingerprint density at radius 3 is 2.62 bits per heavy atom. The van der Waals surface area contributed by atoms with Crippen LogP contribution in [0.5, 0.6) is 0 Å². The summed E-state index contributed by atoms with van der Waals surface area (Å²) in [6.45, 7) is 5.17. The highest BCUT2D eigenvalue weighted by atomic mass is 16.5. The summed E-state index contributed by atoms with van der Waals surface area (Å²) in [6, 6.07) is 0.620. The maximum atomic E-state index is 5.89. The molecule has 1 saturated heterocycles. The summed E-state index contributed by atoms with van der Waals surface area (Å²) in [5.74, 6) is 0. The molecule has 16 heavy (non-hydrogen) atoms. The minimum Gasteiger partial charge on any atom is -0.377 e. The Hall–Kier alpha value is -0.120. The highest BCUT2D eigenvalue weighted by molar-refractivity contribution is 4.90. The van der Waals surface area contributed by atoms with Gasteiger partial charge in [-0.2, -0.15) is 0 Å². The van der Waals surface area contributed by atoms with Crippen molar-refractivity contribution in [1.82, 2.24) is 4.90 Å². The second-order valence-electron chi connectivity index (χ2n) is 5.72. The van der Waals surface area contributed by atoms with Crippen molar-refractivity contribution in [2.75, 3.05) is 26.7 Å². The van der Waals surface area contributed by atoms with Crippen LogP contribution in [0, 0.1) is 5.41 Å². The first-order valence-corrected chi connectivity index (χ1v) is 6.69. The molecule has 0 aromatic rings. The van der Waals surface area contributed by atoms with E-state index in [9.17, 15) is 0 Å². The molecule has 2 rings (SSSR count). The van der Waals surface area contributed by atoms with Crippen molar-refractivity contribution in [3.63, 3.8) is 0 Å². The van der Waals surface area contributed by atoms with Crippen molar-refractivity contribution in [3.8, 4) is 0 Å². The van der Waals surface area contributed by atoms with Gasteiger partial charge in [0.25, 0.3) is 0 Å². The monoisotopic (exact) mass is 226 g/mol. The lowest BCUT2D eigenvalue weighted by Gasteiger charge is -2.42. The summed E-state index contributed by atoms with van der Waals surface area (Å²) < 4.78 is 5.62. The van der Waals surface area contributed by atoms with Crippen LogP contribution in [0.2, 0.25) is 0 Å².